The maximum atomic E-state index is 14.6. The Morgan fingerprint density at radius 3 is 2.64 bits per heavy atom. The van der Waals surface area contributed by atoms with Crippen LogP contribution in [0.3, 0.4) is 0 Å². The van der Waals surface area contributed by atoms with Crippen LogP contribution in [0.5, 0.6) is 11.5 Å². The summed E-state index contributed by atoms with van der Waals surface area (Å²) in [7, 11) is 1.56. The first-order chi connectivity index (χ1) is 16.0. The van der Waals surface area contributed by atoms with Crippen molar-refractivity contribution in [1.29, 1.82) is 0 Å². The number of halogens is 1. The van der Waals surface area contributed by atoms with Crippen LogP contribution in [-0.2, 0) is 21.5 Å². The minimum Gasteiger partial charge on any atom is -0.497 e. The van der Waals surface area contributed by atoms with E-state index in [4.69, 9.17) is 29.8 Å². The van der Waals surface area contributed by atoms with Gasteiger partial charge in [0.2, 0.25) is 0 Å². The monoisotopic (exact) mass is 450 g/mol. The molecule has 8 heteroatoms. The molecule has 2 heterocycles. The zero-order valence-corrected chi connectivity index (χ0v) is 18.0. The van der Waals surface area contributed by atoms with Gasteiger partial charge in [-0.2, -0.15) is 0 Å². The number of nitrogens with zero attached hydrogens (tertiary/aromatic N) is 1. The molecule has 0 aromatic heterocycles. The molecule has 0 spiro atoms. The average molecular weight is 450 g/mol. The lowest BCUT2D eigenvalue weighted by atomic mass is 9.82. The Balaban J connectivity index is 0.000000821. The van der Waals surface area contributed by atoms with Crippen LogP contribution in [0.25, 0.3) is 11.1 Å². The summed E-state index contributed by atoms with van der Waals surface area (Å²) >= 11 is 0. The van der Waals surface area contributed by atoms with Gasteiger partial charge in [-0.05, 0) is 58.7 Å². The Morgan fingerprint density at radius 1 is 1.12 bits per heavy atom. The average Bonchev–Trinajstić information content (AvgIpc) is 3.47. The maximum Gasteiger partial charge on any atom is 0.290 e. The van der Waals surface area contributed by atoms with Gasteiger partial charge in [-0.15, -0.1) is 0 Å². The van der Waals surface area contributed by atoms with Gasteiger partial charge in [0.25, 0.3) is 12.5 Å². The third kappa shape index (κ3) is 4.19. The van der Waals surface area contributed by atoms with Crippen molar-refractivity contribution in [2.45, 2.75) is 12.0 Å². The lowest BCUT2D eigenvalue weighted by Crippen LogP contribution is -2.27. The fourth-order valence-corrected chi connectivity index (χ4v) is 4.13. The molecule has 0 bridgehead atoms. The number of nitrogens with two attached hydrogens (primary N) is 1. The number of benzene rings is 3. The second-order valence-electron chi connectivity index (χ2n) is 7.55. The molecule has 0 aliphatic carbocycles. The predicted molar refractivity (Wildman–Crippen MR) is 121 cm³/mol. The number of hydrogen-bond acceptors (Lipinski definition) is 6. The van der Waals surface area contributed by atoms with Crippen LogP contribution in [-0.4, -0.2) is 37.9 Å². The van der Waals surface area contributed by atoms with Crippen molar-refractivity contribution in [2.75, 3.05) is 20.3 Å². The molecule has 1 atom stereocenters. The van der Waals surface area contributed by atoms with Crippen molar-refractivity contribution in [3.63, 3.8) is 0 Å². The number of rotatable bonds is 4. The molecule has 33 heavy (non-hydrogen) atoms. The largest absolute Gasteiger partial charge is 0.497 e. The van der Waals surface area contributed by atoms with Crippen molar-refractivity contribution in [3.8, 4) is 22.6 Å². The number of fused-ring (bicyclic) bond motifs is 1. The van der Waals surface area contributed by atoms with Crippen LogP contribution in [0.4, 0.5) is 4.39 Å². The molecule has 2 aliphatic rings. The third-order valence-corrected chi connectivity index (χ3v) is 5.72. The topological polar surface area (TPSA) is 103 Å². The zero-order chi connectivity index (χ0) is 23.4. The highest BCUT2D eigenvalue weighted by Gasteiger charge is 2.40. The Kier molecular flexibility index (Phi) is 6.17. The first-order valence-corrected chi connectivity index (χ1v) is 10.3. The number of carbonyl (C=O) groups is 1. The molecule has 0 amide bonds. The molecule has 2 aliphatic heterocycles. The standard InChI is InChI=1S/C24H21FN2O3.CH2O2/c1-28-19-6-7-21(25)20(13-19)15-3-2-4-17(11-15)24(14-30-23(26)27-24)18-5-8-22-16(12-18)9-10-29-22;2-1-3/h2-8,11-13H,9-10,14H2,1H3,(H2,26,27);1H,(H,2,3). The molecule has 7 nitrogen and oxygen atoms in total. The number of methoxy groups -OCH3 is 1. The quantitative estimate of drug-likeness (QED) is 0.587. The highest BCUT2D eigenvalue weighted by Crippen LogP contribution is 2.41. The molecule has 0 saturated heterocycles. The van der Waals surface area contributed by atoms with E-state index in [-0.39, 0.29) is 24.9 Å². The first-order valence-electron chi connectivity index (χ1n) is 10.3. The van der Waals surface area contributed by atoms with Crippen molar-refractivity contribution >= 4 is 12.5 Å². The van der Waals surface area contributed by atoms with E-state index in [1.807, 2.05) is 36.4 Å². The third-order valence-electron chi connectivity index (χ3n) is 5.72. The highest BCUT2D eigenvalue weighted by atomic mass is 19.1. The fraction of sp³-hybridized carbons (Fsp3) is 0.200. The highest BCUT2D eigenvalue weighted by molar-refractivity contribution is 5.76. The zero-order valence-electron chi connectivity index (χ0n) is 18.0. The molecule has 3 aromatic carbocycles. The van der Waals surface area contributed by atoms with Gasteiger partial charge in [0, 0.05) is 12.0 Å². The van der Waals surface area contributed by atoms with Crippen LogP contribution < -0.4 is 15.2 Å². The molecule has 3 N–H and O–H groups in total. The summed E-state index contributed by atoms with van der Waals surface area (Å²) in [5.74, 6) is 1.18. The van der Waals surface area contributed by atoms with E-state index >= 15 is 0 Å². The fourth-order valence-electron chi connectivity index (χ4n) is 4.13. The van der Waals surface area contributed by atoms with E-state index in [1.54, 1.807) is 19.2 Å². The Labute approximate surface area is 190 Å². The van der Waals surface area contributed by atoms with Gasteiger partial charge >= 0.3 is 0 Å². The van der Waals surface area contributed by atoms with Gasteiger partial charge in [0.15, 0.2) is 5.54 Å². The van der Waals surface area contributed by atoms with E-state index in [1.165, 1.54) is 6.07 Å². The Hall–Kier alpha value is -4.07. The van der Waals surface area contributed by atoms with Gasteiger partial charge in [0.05, 0.1) is 13.7 Å². The maximum absolute atomic E-state index is 14.6. The number of aliphatic imine (C=N–C) groups is 1. The molecular formula is C25H23FN2O5. The Bertz CT molecular complexity index is 1210. The van der Waals surface area contributed by atoms with Crippen molar-refractivity contribution < 1.29 is 28.5 Å². The van der Waals surface area contributed by atoms with Crippen LogP contribution in [0.15, 0.2) is 65.7 Å². The minimum absolute atomic E-state index is 0.143. The van der Waals surface area contributed by atoms with E-state index in [9.17, 15) is 4.39 Å². The van der Waals surface area contributed by atoms with E-state index in [2.05, 4.69) is 11.1 Å². The summed E-state index contributed by atoms with van der Waals surface area (Å²) in [6.45, 7) is 0.709. The summed E-state index contributed by atoms with van der Waals surface area (Å²) in [6.07, 6.45) is 0.856. The second kappa shape index (κ2) is 9.20. The van der Waals surface area contributed by atoms with Crippen LogP contribution in [0.2, 0.25) is 0 Å². The number of hydrogen-bond donors (Lipinski definition) is 2. The van der Waals surface area contributed by atoms with Gasteiger partial charge in [-0.3, -0.25) is 4.79 Å². The van der Waals surface area contributed by atoms with Crippen LogP contribution >= 0.6 is 0 Å². The molecule has 5 rings (SSSR count). The van der Waals surface area contributed by atoms with Crippen molar-refractivity contribution in [2.24, 2.45) is 10.7 Å². The van der Waals surface area contributed by atoms with E-state index in [0.29, 0.717) is 17.9 Å². The lowest BCUT2D eigenvalue weighted by molar-refractivity contribution is -0.122. The molecule has 0 fully saturated rings. The summed E-state index contributed by atoms with van der Waals surface area (Å²) < 4.78 is 31.1. The van der Waals surface area contributed by atoms with Crippen LogP contribution in [0.1, 0.15) is 16.7 Å². The molecule has 0 saturated carbocycles. The minimum atomic E-state index is -0.799. The van der Waals surface area contributed by atoms with Gasteiger partial charge in [-0.25, -0.2) is 9.38 Å². The number of ether oxygens (including phenoxy) is 3. The van der Waals surface area contributed by atoms with Gasteiger partial charge in [-0.1, -0.05) is 24.3 Å². The van der Waals surface area contributed by atoms with E-state index in [0.717, 1.165) is 34.4 Å². The van der Waals surface area contributed by atoms with E-state index < -0.39 is 5.54 Å². The first kappa shape index (κ1) is 22.1. The molecular weight excluding hydrogens is 427 g/mol. The lowest BCUT2D eigenvalue weighted by Gasteiger charge is -2.26. The summed E-state index contributed by atoms with van der Waals surface area (Å²) in [5, 5.41) is 6.89. The van der Waals surface area contributed by atoms with Crippen molar-refractivity contribution in [1.82, 2.24) is 0 Å². The van der Waals surface area contributed by atoms with Crippen molar-refractivity contribution in [3.05, 3.63) is 83.2 Å². The Morgan fingerprint density at radius 2 is 1.91 bits per heavy atom. The molecule has 1 unspecified atom stereocenters. The van der Waals surface area contributed by atoms with Gasteiger partial charge < -0.3 is 25.1 Å². The molecule has 3 aromatic rings. The second-order valence-corrected chi connectivity index (χ2v) is 7.55. The molecule has 0 radical (unpaired) electrons. The summed E-state index contributed by atoms with van der Waals surface area (Å²) in [4.78, 5) is 13.1. The summed E-state index contributed by atoms with van der Waals surface area (Å²) in [6, 6.07) is 18.6. The number of amidine groups is 1. The predicted octanol–water partition coefficient (Wildman–Crippen LogP) is 3.73. The SMILES string of the molecule is COc1ccc(F)c(-c2cccc(C3(c4ccc5c(c4)CCO5)COC(N)=N3)c2)c1.O=CO. The number of carboxylic acid groups (broad SMARTS) is 1. The molecule has 170 valence electrons. The summed E-state index contributed by atoms with van der Waals surface area (Å²) in [5.41, 5.74) is 9.32. The normalized spacial score (nSPS) is 18.2. The smallest absolute Gasteiger partial charge is 0.290 e. The van der Waals surface area contributed by atoms with Crippen LogP contribution in [0, 0.1) is 5.82 Å². The van der Waals surface area contributed by atoms with Gasteiger partial charge in [0.1, 0.15) is 23.9 Å².